The minimum Gasteiger partial charge on any atom is -0.208 e. The van der Waals surface area contributed by atoms with Gasteiger partial charge in [0.05, 0.1) is 5.41 Å². The molecule has 0 saturated carbocycles. The van der Waals surface area contributed by atoms with E-state index in [1.165, 1.54) is 64.7 Å². The third kappa shape index (κ3) is 5.00. The number of thiophene rings is 1. The van der Waals surface area contributed by atoms with Crippen molar-refractivity contribution >= 4 is 31.5 Å². The molecule has 0 amide bonds. The Kier molecular flexibility index (Phi) is 7.58. The number of hydrogen-bond acceptors (Lipinski definition) is 4. The molecule has 262 valence electrons. The summed E-state index contributed by atoms with van der Waals surface area (Å²) >= 11 is 1.82. The molecular formula is C52H33N3S. The number of fused-ring (bicyclic) bond motifs is 6. The van der Waals surface area contributed by atoms with Crippen LogP contribution in [0.1, 0.15) is 22.3 Å². The topological polar surface area (TPSA) is 38.7 Å². The Morgan fingerprint density at radius 2 is 0.857 bits per heavy atom. The Hall–Kier alpha value is -7.01. The molecule has 1 aliphatic carbocycles. The van der Waals surface area contributed by atoms with Gasteiger partial charge >= 0.3 is 0 Å². The predicted molar refractivity (Wildman–Crippen MR) is 232 cm³/mol. The van der Waals surface area contributed by atoms with Crippen LogP contribution in [0.25, 0.3) is 76.6 Å². The second kappa shape index (κ2) is 13.1. The van der Waals surface area contributed by atoms with Crippen LogP contribution in [-0.2, 0) is 5.41 Å². The van der Waals surface area contributed by atoms with Crippen molar-refractivity contribution < 1.29 is 0 Å². The molecule has 0 fully saturated rings. The van der Waals surface area contributed by atoms with E-state index < -0.39 is 5.41 Å². The van der Waals surface area contributed by atoms with Crippen molar-refractivity contribution in [3.05, 3.63) is 222 Å². The molecule has 11 rings (SSSR count). The standard InChI is InChI=1S/C52H33N3S/c1-5-18-34(19-6-1)49-53-50(35-20-7-2-8-21-35)55-51(54-49)36-32-42(48-41-27-14-16-31-45(41)56-46(48)33-36)39-28-17-30-44-47(39)40-26-13-15-29-43(40)52(44,37-22-9-3-10-23-37)38-24-11-4-12-25-38/h1-33H. The van der Waals surface area contributed by atoms with E-state index in [1.807, 2.05) is 47.7 Å². The van der Waals surface area contributed by atoms with Gasteiger partial charge in [0.2, 0.25) is 0 Å². The molecule has 8 aromatic carbocycles. The van der Waals surface area contributed by atoms with Crippen LogP contribution in [0.3, 0.4) is 0 Å². The molecular weight excluding hydrogens is 699 g/mol. The van der Waals surface area contributed by atoms with Crippen LogP contribution < -0.4 is 0 Å². The predicted octanol–water partition coefficient (Wildman–Crippen LogP) is 13.3. The van der Waals surface area contributed by atoms with Crippen LogP contribution in [0.5, 0.6) is 0 Å². The molecule has 10 aromatic rings. The van der Waals surface area contributed by atoms with Crippen molar-refractivity contribution in [3.63, 3.8) is 0 Å². The Morgan fingerprint density at radius 1 is 0.357 bits per heavy atom. The minimum atomic E-state index is -0.499. The van der Waals surface area contributed by atoms with Gasteiger partial charge in [-0.2, -0.15) is 0 Å². The highest BCUT2D eigenvalue weighted by molar-refractivity contribution is 7.26. The molecule has 0 N–H and O–H groups in total. The Bertz CT molecular complexity index is 2970. The van der Waals surface area contributed by atoms with Crippen molar-refractivity contribution in [1.82, 2.24) is 15.0 Å². The van der Waals surface area contributed by atoms with Crippen molar-refractivity contribution in [3.8, 4) is 56.4 Å². The van der Waals surface area contributed by atoms with E-state index in [1.54, 1.807) is 0 Å². The molecule has 0 unspecified atom stereocenters. The molecule has 2 aromatic heterocycles. The van der Waals surface area contributed by atoms with Crippen molar-refractivity contribution in [2.75, 3.05) is 0 Å². The number of rotatable bonds is 6. The van der Waals surface area contributed by atoms with Gasteiger partial charge in [-0.25, -0.2) is 15.0 Å². The summed E-state index contributed by atoms with van der Waals surface area (Å²) in [6, 6.07) is 71.7. The average Bonchev–Trinajstić information content (AvgIpc) is 3.81. The lowest BCUT2D eigenvalue weighted by atomic mass is 9.67. The van der Waals surface area contributed by atoms with Crippen LogP contribution in [0.2, 0.25) is 0 Å². The second-order valence-corrected chi connectivity index (χ2v) is 15.4. The zero-order valence-corrected chi connectivity index (χ0v) is 31.1. The summed E-state index contributed by atoms with van der Waals surface area (Å²) in [7, 11) is 0. The van der Waals surface area contributed by atoms with Crippen molar-refractivity contribution in [2.24, 2.45) is 0 Å². The van der Waals surface area contributed by atoms with Gasteiger partial charge in [-0.3, -0.25) is 0 Å². The van der Waals surface area contributed by atoms with Gasteiger partial charge in [-0.1, -0.05) is 182 Å². The fourth-order valence-corrected chi connectivity index (χ4v) is 10.0. The van der Waals surface area contributed by atoms with Gasteiger partial charge in [0.1, 0.15) is 0 Å². The summed E-state index contributed by atoms with van der Waals surface area (Å²) in [4.78, 5) is 15.4. The highest BCUT2D eigenvalue weighted by Gasteiger charge is 2.46. The molecule has 0 bridgehead atoms. The van der Waals surface area contributed by atoms with E-state index in [0.29, 0.717) is 17.5 Å². The van der Waals surface area contributed by atoms with Gasteiger partial charge in [0.15, 0.2) is 17.5 Å². The van der Waals surface area contributed by atoms with E-state index in [4.69, 9.17) is 15.0 Å². The summed E-state index contributed by atoms with van der Waals surface area (Å²) in [5.41, 5.74) is 12.3. The van der Waals surface area contributed by atoms with E-state index in [-0.39, 0.29) is 0 Å². The summed E-state index contributed by atoms with van der Waals surface area (Å²) < 4.78 is 2.45. The first-order valence-electron chi connectivity index (χ1n) is 18.9. The third-order valence-corrected chi connectivity index (χ3v) is 12.3. The Balaban J connectivity index is 1.23. The summed E-state index contributed by atoms with van der Waals surface area (Å²) in [6.07, 6.45) is 0. The van der Waals surface area contributed by atoms with Crippen LogP contribution in [0.15, 0.2) is 200 Å². The Labute approximate surface area is 329 Å². The van der Waals surface area contributed by atoms with Gasteiger partial charge in [0.25, 0.3) is 0 Å². The van der Waals surface area contributed by atoms with Crippen molar-refractivity contribution in [2.45, 2.75) is 5.41 Å². The second-order valence-electron chi connectivity index (χ2n) is 14.3. The van der Waals surface area contributed by atoms with E-state index in [0.717, 1.165) is 16.7 Å². The lowest BCUT2D eigenvalue weighted by molar-refractivity contribution is 0.768. The van der Waals surface area contributed by atoms with Gasteiger partial charge in [-0.05, 0) is 62.7 Å². The number of aromatic nitrogens is 3. The molecule has 56 heavy (non-hydrogen) atoms. The summed E-state index contributed by atoms with van der Waals surface area (Å²) in [6.45, 7) is 0. The largest absolute Gasteiger partial charge is 0.208 e. The quantitative estimate of drug-likeness (QED) is 0.171. The molecule has 3 nitrogen and oxygen atoms in total. The zero-order valence-electron chi connectivity index (χ0n) is 30.3. The first-order chi connectivity index (χ1) is 27.8. The van der Waals surface area contributed by atoms with E-state index in [2.05, 4.69) is 164 Å². The molecule has 4 heteroatoms. The van der Waals surface area contributed by atoms with E-state index >= 15 is 0 Å². The summed E-state index contributed by atoms with van der Waals surface area (Å²) in [5.74, 6) is 1.95. The highest BCUT2D eigenvalue weighted by Crippen LogP contribution is 2.59. The lowest BCUT2D eigenvalue weighted by Crippen LogP contribution is -2.28. The molecule has 0 saturated heterocycles. The molecule has 2 heterocycles. The lowest BCUT2D eigenvalue weighted by Gasteiger charge is -2.34. The zero-order chi connectivity index (χ0) is 37.1. The van der Waals surface area contributed by atoms with Crippen LogP contribution in [-0.4, -0.2) is 15.0 Å². The van der Waals surface area contributed by atoms with Crippen LogP contribution in [0, 0.1) is 0 Å². The van der Waals surface area contributed by atoms with Gasteiger partial charge < -0.3 is 0 Å². The highest BCUT2D eigenvalue weighted by atomic mass is 32.1. The maximum Gasteiger partial charge on any atom is 0.164 e. The maximum absolute atomic E-state index is 5.19. The average molecular weight is 732 g/mol. The molecule has 1 aliphatic rings. The minimum absolute atomic E-state index is 0.499. The van der Waals surface area contributed by atoms with Crippen LogP contribution in [0.4, 0.5) is 0 Å². The molecule has 0 spiro atoms. The fraction of sp³-hybridized carbons (Fsp3) is 0.0192. The SMILES string of the molecule is c1ccc(-c2nc(-c3ccccc3)nc(-c3cc(-c4cccc5c4-c4ccccc4C5(c4ccccc4)c4ccccc4)c4c(c3)sc3ccccc34)n2)cc1. The Morgan fingerprint density at radius 3 is 1.50 bits per heavy atom. The monoisotopic (exact) mass is 731 g/mol. The number of hydrogen-bond donors (Lipinski definition) is 0. The third-order valence-electron chi connectivity index (χ3n) is 11.2. The van der Waals surface area contributed by atoms with Crippen molar-refractivity contribution in [1.29, 1.82) is 0 Å². The molecule has 0 radical (unpaired) electrons. The maximum atomic E-state index is 5.19. The first-order valence-corrected chi connectivity index (χ1v) is 19.8. The fourth-order valence-electron chi connectivity index (χ4n) is 8.85. The molecule has 0 atom stereocenters. The van der Waals surface area contributed by atoms with Gasteiger partial charge in [0, 0.05) is 36.9 Å². The number of nitrogens with zero attached hydrogens (tertiary/aromatic N) is 3. The van der Waals surface area contributed by atoms with E-state index in [9.17, 15) is 0 Å². The van der Waals surface area contributed by atoms with Gasteiger partial charge in [-0.15, -0.1) is 11.3 Å². The molecule has 0 aliphatic heterocycles. The smallest absolute Gasteiger partial charge is 0.164 e. The van der Waals surface area contributed by atoms with Crippen LogP contribution >= 0.6 is 11.3 Å². The summed E-state index contributed by atoms with van der Waals surface area (Å²) in [5, 5.41) is 2.50. The first kappa shape index (κ1) is 32.4. The normalized spacial score (nSPS) is 12.8. The number of benzene rings is 8.